The molecule has 0 saturated carbocycles. The molecule has 6 aromatic carbocycles. The van der Waals surface area contributed by atoms with Crippen LogP contribution in [-0.4, -0.2) is 59.5 Å². The van der Waals surface area contributed by atoms with Crippen LogP contribution in [0.1, 0.15) is 33.6 Å². The Labute approximate surface area is 404 Å². The first-order chi connectivity index (χ1) is 32.2. The number of hydrogen-bond donors (Lipinski definition) is 4. The number of aryl methyl sites for hydroxylation is 2. The number of ether oxygens (including phenoxy) is 4. The number of nitrogens with zero attached hydrogens (tertiary/aromatic N) is 2. The van der Waals surface area contributed by atoms with E-state index in [9.17, 15) is 0 Å². The Kier molecular flexibility index (Phi) is 16.5. The van der Waals surface area contributed by atoms with Crippen molar-refractivity contribution in [1.29, 1.82) is 0 Å². The number of thioether (sulfide) groups is 2. The number of hydrazone groups is 2. The summed E-state index contributed by atoms with van der Waals surface area (Å²) in [7, 11) is 6.62. The van der Waals surface area contributed by atoms with Gasteiger partial charge in [-0.2, -0.15) is 10.2 Å². The highest BCUT2D eigenvalue weighted by Crippen LogP contribution is 2.44. The maximum absolute atomic E-state index is 5.73. The number of H-pyrrole nitrogens is 2. The van der Waals surface area contributed by atoms with E-state index in [1.165, 1.54) is 34.7 Å². The molecule has 0 spiro atoms. The molecular weight excluding hydrogens is 901 g/mol. The van der Waals surface area contributed by atoms with Crippen LogP contribution in [0, 0.1) is 13.8 Å². The number of aromatic nitrogens is 2. The Bertz CT molecular complexity index is 2770. The van der Waals surface area contributed by atoms with Crippen LogP contribution in [0.3, 0.4) is 0 Å². The lowest BCUT2D eigenvalue weighted by Gasteiger charge is -2.12. The normalized spacial score (nSPS) is 11.1. The van der Waals surface area contributed by atoms with Crippen molar-refractivity contribution in [2.45, 2.75) is 25.4 Å². The number of aromatic amines is 2. The highest BCUT2D eigenvalue weighted by atomic mass is 32.2. The summed E-state index contributed by atoms with van der Waals surface area (Å²) in [5.41, 5.74) is 18.3. The van der Waals surface area contributed by atoms with Crippen LogP contribution in [0.15, 0.2) is 144 Å². The molecule has 2 heterocycles. The van der Waals surface area contributed by atoms with Gasteiger partial charge in [-0.25, -0.2) is 0 Å². The maximum Gasteiger partial charge on any atom is 0.154 e. The molecule has 0 aliphatic carbocycles. The average Bonchev–Trinajstić information content (AvgIpc) is 3.90. The van der Waals surface area contributed by atoms with Crippen LogP contribution in [-0.2, 0) is 11.5 Å². The SMILES string of the molecule is COc1cc(OC)c2c(-c3ccccc3)c(C)[nH]c2c1/C=N/NC(=S)SCc1ccccc1.COc1cc(OC)c2c(-c3ccccc3)c(C)[nH]c2c1/C=N/NC(=S)SCc1ccccc1. The molecule has 0 unspecified atom stereocenters. The number of nitrogens with one attached hydrogen (secondary N) is 4. The second kappa shape index (κ2) is 23.0. The molecule has 66 heavy (non-hydrogen) atoms. The summed E-state index contributed by atoms with van der Waals surface area (Å²) in [6, 6.07) is 44.7. The van der Waals surface area contributed by atoms with Crippen molar-refractivity contribution < 1.29 is 18.9 Å². The Morgan fingerprint density at radius 2 is 0.848 bits per heavy atom. The van der Waals surface area contributed by atoms with Gasteiger partial charge in [-0.05, 0) is 36.1 Å². The number of benzene rings is 6. The first-order valence-corrected chi connectivity index (χ1v) is 23.7. The second-order valence-corrected chi connectivity index (χ2v) is 18.0. The molecule has 10 nitrogen and oxygen atoms in total. The van der Waals surface area contributed by atoms with E-state index in [4.69, 9.17) is 43.4 Å². The quantitative estimate of drug-likeness (QED) is 0.0477. The van der Waals surface area contributed by atoms with E-state index >= 15 is 0 Å². The molecule has 0 atom stereocenters. The molecule has 336 valence electrons. The molecule has 14 heteroatoms. The Balaban J connectivity index is 0.000000196. The van der Waals surface area contributed by atoms with Gasteiger partial charge >= 0.3 is 0 Å². The highest BCUT2D eigenvalue weighted by Gasteiger charge is 2.22. The first-order valence-electron chi connectivity index (χ1n) is 20.9. The van der Waals surface area contributed by atoms with Gasteiger partial charge in [0.2, 0.25) is 0 Å². The molecule has 2 aromatic heterocycles. The van der Waals surface area contributed by atoms with Crippen molar-refractivity contribution in [2.24, 2.45) is 10.2 Å². The molecule has 8 aromatic rings. The van der Waals surface area contributed by atoms with Crippen LogP contribution in [0.4, 0.5) is 0 Å². The third kappa shape index (κ3) is 11.3. The monoisotopic (exact) mass is 950 g/mol. The number of hydrogen-bond acceptors (Lipinski definition) is 10. The second-order valence-electron chi connectivity index (χ2n) is 14.7. The molecule has 0 aliphatic rings. The Morgan fingerprint density at radius 3 is 1.18 bits per heavy atom. The molecule has 0 amide bonds. The molecule has 0 aliphatic heterocycles. The molecule has 8 rings (SSSR count). The van der Waals surface area contributed by atoms with E-state index in [2.05, 4.69) is 93.4 Å². The van der Waals surface area contributed by atoms with Crippen molar-refractivity contribution in [2.75, 3.05) is 28.4 Å². The lowest BCUT2D eigenvalue weighted by molar-refractivity contribution is 0.397. The van der Waals surface area contributed by atoms with E-state index in [1.54, 1.807) is 40.9 Å². The summed E-state index contributed by atoms with van der Waals surface area (Å²) in [6.07, 6.45) is 3.47. The third-order valence-electron chi connectivity index (χ3n) is 10.6. The van der Waals surface area contributed by atoms with E-state index in [1.807, 2.05) is 84.9 Å². The van der Waals surface area contributed by atoms with Crippen LogP contribution in [0.2, 0.25) is 0 Å². The summed E-state index contributed by atoms with van der Waals surface area (Å²) >= 11 is 13.9. The van der Waals surface area contributed by atoms with Crippen LogP contribution < -0.4 is 29.8 Å². The zero-order chi connectivity index (χ0) is 46.4. The van der Waals surface area contributed by atoms with Gasteiger partial charge in [-0.1, -0.05) is 169 Å². The first kappa shape index (κ1) is 47.4. The van der Waals surface area contributed by atoms with Gasteiger partial charge in [0, 0.05) is 46.2 Å². The fourth-order valence-electron chi connectivity index (χ4n) is 7.59. The summed E-state index contributed by atoms with van der Waals surface area (Å²) in [4.78, 5) is 7.02. The van der Waals surface area contributed by atoms with Crippen molar-refractivity contribution in [1.82, 2.24) is 20.8 Å². The van der Waals surface area contributed by atoms with Gasteiger partial charge in [0.15, 0.2) is 8.64 Å². The largest absolute Gasteiger partial charge is 0.496 e. The van der Waals surface area contributed by atoms with Crippen LogP contribution in [0.25, 0.3) is 44.1 Å². The number of fused-ring (bicyclic) bond motifs is 2. The Hall–Kier alpha value is -6.58. The summed E-state index contributed by atoms with van der Waals surface area (Å²) in [6.45, 7) is 4.12. The smallest absolute Gasteiger partial charge is 0.154 e. The minimum Gasteiger partial charge on any atom is -0.496 e. The number of thiocarbonyl (C=S) groups is 2. The van der Waals surface area contributed by atoms with Gasteiger partial charge in [0.05, 0.1) is 73.8 Å². The van der Waals surface area contributed by atoms with Gasteiger partial charge in [0.1, 0.15) is 23.0 Å². The lowest BCUT2D eigenvalue weighted by atomic mass is 10.00. The van der Waals surface area contributed by atoms with Gasteiger partial charge in [-0.3, -0.25) is 10.9 Å². The number of rotatable bonds is 14. The van der Waals surface area contributed by atoms with E-state index in [0.717, 1.165) is 89.6 Å². The number of methoxy groups -OCH3 is 4. The van der Waals surface area contributed by atoms with Crippen molar-refractivity contribution in [3.8, 4) is 45.3 Å². The molecule has 0 saturated heterocycles. The molecule has 0 fully saturated rings. The summed E-state index contributed by atoms with van der Waals surface area (Å²) < 4.78 is 24.0. The summed E-state index contributed by atoms with van der Waals surface area (Å²) in [5.74, 6) is 4.37. The van der Waals surface area contributed by atoms with Crippen molar-refractivity contribution in [3.05, 3.63) is 167 Å². The minimum absolute atomic E-state index is 0.603. The van der Waals surface area contributed by atoms with E-state index < -0.39 is 0 Å². The van der Waals surface area contributed by atoms with E-state index in [0.29, 0.717) is 20.1 Å². The van der Waals surface area contributed by atoms with Gasteiger partial charge in [-0.15, -0.1) is 0 Å². The zero-order valence-electron chi connectivity index (χ0n) is 37.4. The standard InChI is InChI=1S/2C26H25N3O2S2/c2*1-17-23(19-12-8-5-9-13-19)24-22(31-3)14-21(30-2)20(25(24)28-17)15-27-29-26(32)33-16-18-10-6-4-7-11-18/h2*4-15,28H,16H2,1-3H3,(H,29,32)/b2*27-15+. The lowest BCUT2D eigenvalue weighted by Crippen LogP contribution is -2.11. The van der Waals surface area contributed by atoms with Gasteiger partial charge < -0.3 is 28.9 Å². The van der Waals surface area contributed by atoms with E-state index in [-0.39, 0.29) is 0 Å². The predicted molar refractivity (Wildman–Crippen MR) is 285 cm³/mol. The summed E-state index contributed by atoms with van der Waals surface area (Å²) in [5, 5.41) is 10.8. The fraction of sp³-hybridized carbons (Fsp3) is 0.154. The topological polar surface area (TPSA) is 117 Å². The van der Waals surface area contributed by atoms with Gasteiger partial charge in [0.25, 0.3) is 0 Å². The molecular formula is C52H50N6O4S4. The molecule has 4 N–H and O–H groups in total. The van der Waals surface area contributed by atoms with Crippen molar-refractivity contribution >= 4 is 90.8 Å². The Morgan fingerprint density at radius 1 is 0.515 bits per heavy atom. The van der Waals surface area contributed by atoms with Crippen LogP contribution >= 0.6 is 48.0 Å². The van der Waals surface area contributed by atoms with Crippen LogP contribution in [0.5, 0.6) is 23.0 Å². The third-order valence-corrected chi connectivity index (χ3v) is 13.1. The maximum atomic E-state index is 5.73. The average molecular weight is 951 g/mol. The predicted octanol–water partition coefficient (Wildman–Crippen LogP) is 12.6. The fourth-order valence-corrected chi connectivity index (χ4v) is 9.26. The molecule has 0 radical (unpaired) electrons. The minimum atomic E-state index is 0.603. The zero-order valence-corrected chi connectivity index (χ0v) is 40.7. The van der Waals surface area contributed by atoms with Crippen molar-refractivity contribution in [3.63, 3.8) is 0 Å². The molecule has 0 bridgehead atoms. The highest BCUT2D eigenvalue weighted by molar-refractivity contribution is 8.22.